The van der Waals surface area contributed by atoms with Gasteiger partial charge in [-0.1, -0.05) is 48.5 Å². The summed E-state index contributed by atoms with van der Waals surface area (Å²) >= 11 is 5.70. The summed E-state index contributed by atoms with van der Waals surface area (Å²) in [6.07, 6.45) is 3.20. The third-order valence-electron chi connectivity index (χ3n) is 3.00. The number of rotatable bonds is 4. The summed E-state index contributed by atoms with van der Waals surface area (Å²) in [5.74, 6) is 1.54. The fraction of sp³-hybridized carbons (Fsp3) is 0.0588. The molecule has 0 bridgehead atoms. The van der Waals surface area contributed by atoms with E-state index in [1.54, 1.807) is 12.4 Å². The number of para-hydroxylation sites is 1. The summed E-state index contributed by atoms with van der Waals surface area (Å²) in [6, 6.07) is 17.9. The molecule has 21 heavy (non-hydrogen) atoms. The second-order valence-electron chi connectivity index (χ2n) is 4.44. The van der Waals surface area contributed by atoms with Gasteiger partial charge in [0.05, 0.1) is 24.0 Å². The average Bonchev–Trinajstić information content (AvgIpc) is 2.57. The van der Waals surface area contributed by atoms with Crippen LogP contribution < -0.4 is 4.74 Å². The second kappa shape index (κ2) is 6.37. The first kappa shape index (κ1) is 13.6. The van der Waals surface area contributed by atoms with Crippen LogP contribution in [0.3, 0.4) is 0 Å². The summed E-state index contributed by atoms with van der Waals surface area (Å²) in [4.78, 5) is 8.39. The molecule has 0 atom stereocenters. The van der Waals surface area contributed by atoms with E-state index in [0.29, 0.717) is 11.8 Å². The molecule has 0 fully saturated rings. The van der Waals surface area contributed by atoms with Crippen molar-refractivity contribution in [3.05, 3.63) is 72.7 Å². The van der Waals surface area contributed by atoms with Gasteiger partial charge in [-0.3, -0.25) is 4.98 Å². The zero-order chi connectivity index (χ0) is 14.5. The maximum absolute atomic E-state index is 5.85. The molecule has 0 aliphatic heterocycles. The van der Waals surface area contributed by atoms with Gasteiger partial charge in [0.2, 0.25) is 5.88 Å². The van der Waals surface area contributed by atoms with E-state index in [2.05, 4.69) is 9.97 Å². The Kier molecular flexibility index (Phi) is 4.12. The topological polar surface area (TPSA) is 35.0 Å². The molecular weight excluding hydrogens is 284 g/mol. The molecule has 0 unspecified atom stereocenters. The highest BCUT2D eigenvalue weighted by Gasteiger charge is 2.07. The third-order valence-corrected chi connectivity index (χ3v) is 3.28. The summed E-state index contributed by atoms with van der Waals surface area (Å²) in [5, 5.41) is 0. The minimum Gasteiger partial charge on any atom is -0.437 e. The predicted molar refractivity (Wildman–Crippen MR) is 83.5 cm³/mol. The quantitative estimate of drug-likeness (QED) is 0.656. The minimum atomic E-state index is 0.341. The number of nitrogens with zero attached hydrogens (tertiary/aromatic N) is 2. The fourth-order valence-corrected chi connectivity index (χ4v) is 2.13. The number of ether oxygens (including phenoxy) is 1. The van der Waals surface area contributed by atoms with Gasteiger partial charge in [-0.15, -0.1) is 11.6 Å². The first-order valence-corrected chi connectivity index (χ1v) is 7.09. The highest BCUT2D eigenvalue weighted by molar-refractivity contribution is 6.16. The van der Waals surface area contributed by atoms with E-state index in [9.17, 15) is 0 Å². The molecule has 0 radical (unpaired) electrons. The molecule has 0 amide bonds. The van der Waals surface area contributed by atoms with E-state index in [1.807, 2.05) is 54.6 Å². The van der Waals surface area contributed by atoms with Crippen LogP contribution in [0.15, 0.2) is 67.0 Å². The van der Waals surface area contributed by atoms with Gasteiger partial charge in [0.15, 0.2) is 0 Å². The SMILES string of the molecule is ClCc1cnc(Oc2ccccc2-c2ccccc2)cn1. The lowest BCUT2D eigenvalue weighted by atomic mass is 10.1. The van der Waals surface area contributed by atoms with Crippen molar-refractivity contribution in [1.29, 1.82) is 0 Å². The van der Waals surface area contributed by atoms with Gasteiger partial charge in [-0.05, 0) is 11.6 Å². The zero-order valence-corrected chi connectivity index (χ0v) is 12.0. The molecule has 0 aliphatic carbocycles. The van der Waals surface area contributed by atoms with Gasteiger partial charge >= 0.3 is 0 Å². The summed E-state index contributed by atoms with van der Waals surface area (Å²) in [5.41, 5.74) is 2.83. The Morgan fingerprint density at radius 2 is 1.62 bits per heavy atom. The number of hydrogen-bond acceptors (Lipinski definition) is 3. The molecule has 3 aromatic rings. The van der Waals surface area contributed by atoms with Crippen molar-refractivity contribution in [1.82, 2.24) is 9.97 Å². The molecule has 0 spiro atoms. The highest BCUT2D eigenvalue weighted by Crippen LogP contribution is 2.32. The van der Waals surface area contributed by atoms with Gasteiger partial charge in [-0.25, -0.2) is 4.98 Å². The van der Waals surface area contributed by atoms with Crippen LogP contribution in [0.1, 0.15) is 5.69 Å². The molecule has 1 heterocycles. The zero-order valence-electron chi connectivity index (χ0n) is 11.2. The lowest BCUT2D eigenvalue weighted by Crippen LogP contribution is -1.93. The molecule has 0 N–H and O–H groups in total. The Hall–Kier alpha value is -2.39. The molecule has 4 heteroatoms. The molecular formula is C17H13ClN2O. The molecule has 3 nitrogen and oxygen atoms in total. The van der Waals surface area contributed by atoms with Gasteiger partial charge in [0.25, 0.3) is 0 Å². The van der Waals surface area contributed by atoms with E-state index in [4.69, 9.17) is 16.3 Å². The van der Waals surface area contributed by atoms with Crippen molar-refractivity contribution in [2.24, 2.45) is 0 Å². The van der Waals surface area contributed by atoms with Crippen LogP contribution in [-0.2, 0) is 5.88 Å². The molecule has 0 saturated heterocycles. The second-order valence-corrected chi connectivity index (χ2v) is 4.71. The van der Waals surface area contributed by atoms with Gasteiger partial charge < -0.3 is 4.74 Å². The third kappa shape index (κ3) is 3.20. The maximum atomic E-state index is 5.85. The van der Waals surface area contributed by atoms with Gasteiger partial charge in [0.1, 0.15) is 5.75 Å². The Labute approximate surface area is 128 Å². The Morgan fingerprint density at radius 1 is 0.857 bits per heavy atom. The van der Waals surface area contributed by atoms with Crippen LogP contribution in [-0.4, -0.2) is 9.97 Å². The lowest BCUT2D eigenvalue weighted by molar-refractivity contribution is 0.461. The van der Waals surface area contributed by atoms with Crippen molar-refractivity contribution >= 4 is 11.6 Å². The molecule has 0 aliphatic rings. The highest BCUT2D eigenvalue weighted by atomic mass is 35.5. The first-order chi connectivity index (χ1) is 10.4. The van der Waals surface area contributed by atoms with Crippen LogP contribution >= 0.6 is 11.6 Å². The number of halogens is 1. The normalized spacial score (nSPS) is 10.3. The molecule has 104 valence electrons. The minimum absolute atomic E-state index is 0.341. The largest absolute Gasteiger partial charge is 0.437 e. The first-order valence-electron chi connectivity index (χ1n) is 6.56. The van der Waals surface area contributed by atoms with Crippen molar-refractivity contribution in [2.45, 2.75) is 5.88 Å². The Morgan fingerprint density at radius 3 is 2.33 bits per heavy atom. The van der Waals surface area contributed by atoms with E-state index < -0.39 is 0 Å². The number of alkyl halides is 1. The number of hydrogen-bond donors (Lipinski definition) is 0. The molecule has 0 saturated carbocycles. The van der Waals surface area contributed by atoms with E-state index in [0.717, 1.165) is 22.6 Å². The van der Waals surface area contributed by atoms with Crippen molar-refractivity contribution in [2.75, 3.05) is 0 Å². The van der Waals surface area contributed by atoms with Crippen molar-refractivity contribution in [3.8, 4) is 22.8 Å². The Bertz CT molecular complexity index is 714. The fourth-order valence-electron chi connectivity index (χ4n) is 1.99. The van der Waals surface area contributed by atoms with E-state index in [-0.39, 0.29) is 0 Å². The number of aromatic nitrogens is 2. The van der Waals surface area contributed by atoms with Crippen LogP contribution in [0, 0.1) is 0 Å². The Balaban J connectivity index is 1.92. The van der Waals surface area contributed by atoms with Crippen molar-refractivity contribution in [3.63, 3.8) is 0 Å². The average molecular weight is 297 g/mol. The standard InChI is InChI=1S/C17H13ClN2O/c18-10-14-11-20-17(12-19-14)21-16-9-5-4-8-15(16)13-6-2-1-3-7-13/h1-9,11-12H,10H2. The number of benzene rings is 2. The summed E-state index contributed by atoms with van der Waals surface area (Å²) < 4.78 is 5.85. The van der Waals surface area contributed by atoms with Crippen LogP contribution in [0.5, 0.6) is 11.6 Å². The van der Waals surface area contributed by atoms with E-state index >= 15 is 0 Å². The summed E-state index contributed by atoms with van der Waals surface area (Å²) in [7, 11) is 0. The van der Waals surface area contributed by atoms with Crippen LogP contribution in [0.2, 0.25) is 0 Å². The summed E-state index contributed by atoms with van der Waals surface area (Å²) in [6.45, 7) is 0. The molecule has 1 aromatic heterocycles. The van der Waals surface area contributed by atoms with E-state index in [1.165, 1.54) is 0 Å². The smallest absolute Gasteiger partial charge is 0.237 e. The van der Waals surface area contributed by atoms with Crippen molar-refractivity contribution < 1.29 is 4.74 Å². The van der Waals surface area contributed by atoms with Crippen LogP contribution in [0.4, 0.5) is 0 Å². The van der Waals surface area contributed by atoms with Gasteiger partial charge in [-0.2, -0.15) is 0 Å². The lowest BCUT2D eigenvalue weighted by Gasteiger charge is -2.10. The van der Waals surface area contributed by atoms with Crippen LogP contribution in [0.25, 0.3) is 11.1 Å². The monoisotopic (exact) mass is 296 g/mol. The van der Waals surface area contributed by atoms with Gasteiger partial charge in [0, 0.05) is 5.56 Å². The molecule has 3 rings (SSSR count). The maximum Gasteiger partial charge on any atom is 0.237 e. The predicted octanol–water partition coefficient (Wildman–Crippen LogP) is 4.67. The molecule has 2 aromatic carbocycles.